The van der Waals surface area contributed by atoms with Gasteiger partial charge in [-0.25, -0.2) is 8.42 Å². The molecule has 0 fully saturated rings. The van der Waals surface area contributed by atoms with Gasteiger partial charge < -0.3 is 5.32 Å². The van der Waals surface area contributed by atoms with Crippen molar-refractivity contribution in [1.29, 1.82) is 0 Å². The van der Waals surface area contributed by atoms with Crippen LogP contribution in [-0.4, -0.2) is 14.3 Å². The summed E-state index contributed by atoms with van der Waals surface area (Å²) in [5, 5.41) is 3.51. The van der Waals surface area contributed by atoms with Gasteiger partial charge in [0.05, 0.1) is 4.90 Å². The lowest BCUT2D eigenvalue weighted by molar-refractivity contribution is 0.102. The first-order valence-corrected chi connectivity index (χ1v) is 13.2. The van der Waals surface area contributed by atoms with E-state index in [1.54, 1.807) is 60.3 Å². The number of para-hydroxylation sites is 1. The fourth-order valence-corrected chi connectivity index (χ4v) is 5.13. The first kappa shape index (κ1) is 23.9. The zero-order chi connectivity index (χ0) is 24.0. The summed E-state index contributed by atoms with van der Waals surface area (Å²) in [4.78, 5) is 13.8. The van der Waals surface area contributed by atoms with Crippen LogP contribution in [0.2, 0.25) is 5.02 Å². The quantitative estimate of drug-likeness (QED) is 0.260. The van der Waals surface area contributed by atoms with Crippen LogP contribution in [0.15, 0.2) is 113 Å². The van der Waals surface area contributed by atoms with Gasteiger partial charge in [-0.05, 0) is 78.4 Å². The number of rotatable bonds is 8. The molecule has 2 N–H and O–H groups in total. The average Bonchev–Trinajstić information content (AvgIpc) is 2.85. The smallest absolute Gasteiger partial charge is 0.261 e. The number of thioether (sulfide) groups is 1. The van der Waals surface area contributed by atoms with Crippen LogP contribution in [0.4, 0.5) is 11.4 Å². The minimum Gasteiger partial charge on any atom is -0.322 e. The normalized spacial score (nSPS) is 11.1. The van der Waals surface area contributed by atoms with Crippen molar-refractivity contribution < 1.29 is 13.2 Å². The van der Waals surface area contributed by atoms with Crippen molar-refractivity contribution in [3.63, 3.8) is 0 Å². The van der Waals surface area contributed by atoms with Gasteiger partial charge in [0.25, 0.3) is 15.9 Å². The number of benzene rings is 4. The Balaban J connectivity index is 1.34. The second-order valence-corrected chi connectivity index (χ2v) is 10.6. The van der Waals surface area contributed by atoms with Crippen molar-refractivity contribution in [3.05, 3.63) is 119 Å². The summed E-state index contributed by atoms with van der Waals surface area (Å²) < 4.78 is 27.6. The molecule has 0 aliphatic rings. The number of halogens is 1. The maximum absolute atomic E-state index is 12.6. The Morgan fingerprint density at radius 1 is 0.765 bits per heavy atom. The molecule has 0 aliphatic heterocycles. The van der Waals surface area contributed by atoms with Crippen molar-refractivity contribution in [2.75, 3.05) is 10.0 Å². The van der Waals surface area contributed by atoms with Gasteiger partial charge in [-0.2, -0.15) is 0 Å². The SMILES string of the molecule is O=C(Nc1ccc(S(=O)(=O)Nc2ccccc2)cc1)c1ccc(CSc2ccc(Cl)cc2)cc1. The molecule has 0 atom stereocenters. The Labute approximate surface area is 208 Å². The van der Waals surface area contributed by atoms with Crippen LogP contribution in [0, 0.1) is 0 Å². The lowest BCUT2D eigenvalue weighted by atomic mass is 10.1. The van der Waals surface area contributed by atoms with Gasteiger partial charge in [0, 0.05) is 32.6 Å². The fraction of sp³-hybridized carbons (Fsp3) is 0.0385. The van der Waals surface area contributed by atoms with Crippen LogP contribution in [-0.2, 0) is 15.8 Å². The molecular formula is C26H21ClN2O3S2. The molecule has 0 radical (unpaired) electrons. The Kier molecular flexibility index (Phi) is 7.57. The molecular weight excluding hydrogens is 488 g/mol. The van der Waals surface area contributed by atoms with E-state index < -0.39 is 10.0 Å². The molecule has 0 bridgehead atoms. The predicted molar refractivity (Wildman–Crippen MR) is 139 cm³/mol. The van der Waals surface area contributed by atoms with Crippen molar-refractivity contribution in [3.8, 4) is 0 Å². The third-order valence-electron chi connectivity index (χ3n) is 4.88. The summed E-state index contributed by atoms with van der Waals surface area (Å²) in [5.41, 5.74) is 2.60. The minimum absolute atomic E-state index is 0.108. The molecule has 0 saturated carbocycles. The van der Waals surface area contributed by atoms with Crippen LogP contribution in [0.25, 0.3) is 0 Å². The molecule has 34 heavy (non-hydrogen) atoms. The second kappa shape index (κ2) is 10.8. The summed E-state index contributed by atoms with van der Waals surface area (Å²) in [6, 6.07) is 29.8. The summed E-state index contributed by atoms with van der Waals surface area (Å²) in [5.74, 6) is 0.506. The number of hydrogen-bond donors (Lipinski definition) is 2. The number of amides is 1. The van der Waals surface area contributed by atoms with Crippen LogP contribution in [0.5, 0.6) is 0 Å². The molecule has 172 valence electrons. The van der Waals surface area contributed by atoms with Crippen molar-refractivity contribution in [2.24, 2.45) is 0 Å². The molecule has 1 amide bonds. The number of carbonyl (C=O) groups excluding carboxylic acids is 1. The molecule has 5 nitrogen and oxygen atoms in total. The minimum atomic E-state index is -3.71. The van der Waals surface area contributed by atoms with Crippen molar-refractivity contribution in [2.45, 2.75) is 15.5 Å². The highest BCUT2D eigenvalue weighted by atomic mass is 35.5. The van der Waals surface area contributed by atoms with Gasteiger partial charge in [0.2, 0.25) is 0 Å². The number of anilines is 2. The van der Waals surface area contributed by atoms with E-state index >= 15 is 0 Å². The van der Waals surface area contributed by atoms with Crippen LogP contribution in [0.3, 0.4) is 0 Å². The molecule has 4 aromatic rings. The van der Waals surface area contributed by atoms with Crippen LogP contribution in [0.1, 0.15) is 15.9 Å². The largest absolute Gasteiger partial charge is 0.322 e. The monoisotopic (exact) mass is 508 g/mol. The van der Waals surface area contributed by atoms with E-state index in [1.807, 2.05) is 42.5 Å². The zero-order valence-corrected chi connectivity index (χ0v) is 20.3. The highest BCUT2D eigenvalue weighted by Gasteiger charge is 2.14. The molecule has 0 aromatic heterocycles. The summed E-state index contributed by atoms with van der Waals surface area (Å²) >= 11 is 7.60. The van der Waals surface area contributed by atoms with Gasteiger partial charge in [-0.15, -0.1) is 11.8 Å². The predicted octanol–water partition coefficient (Wildman–Crippen LogP) is 6.69. The number of carbonyl (C=O) groups is 1. The molecule has 0 spiro atoms. The van der Waals surface area contributed by atoms with Gasteiger partial charge >= 0.3 is 0 Å². The van der Waals surface area contributed by atoms with E-state index in [2.05, 4.69) is 10.0 Å². The van der Waals surface area contributed by atoms with Gasteiger partial charge in [0.1, 0.15) is 0 Å². The van der Waals surface area contributed by atoms with Gasteiger partial charge in [-0.3, -0.25) is 9.52 Å². The van der Waals surface area contributed by atoms with E-state index in [9.17, 15) is 13.2 Å². The maximum atomic E-state index is 12.6. The lowest BCUT2D eigenvalue weighted by Gasteiger charge is -2.10. The third-order valence-corrected chi connectivity index (χ3v) is 7.62. The van der Waals surface area contributed by atoms with E-state index in [0.717, 1.165) is 16.2 Å². The summed E-state index contributed by atoms with van der Waals surface area (Å²) in [6.45, 7) is 0. The third kappa shape index (κ3) is 6.41. The maximum Gasteiger partial charge on any atom is 0.261 e. The summed E-state index contributed by atoms with van der Waals surface area (Å²) in [6.07, 6.45) is 0. The standard InChI is InChI=1S/C26H21ClN2O3S2/c27-21-10-14-24(15-11-21)33-18-19-6-8-20(9-7-19)26(30)28-22-12-16-25(17-13-22)34(31,32)29-23-4-2-1-3-5-23/h1-17,29H,18H2,(H,28,30). The zero-order valence-electron chi connectivity index (χ0n) is 17.9. The highest BCUT2D eigenvalue weighted by molar-refractivity contribution is 7.98. The van der Waals surface area contributed by atoms with E-state index in [4.69, 9.17) is 11.6 Å². The van der Waals surface area contributed by atoms with Crippen molar-refractivity contribution >= 4 is 50.7 Å². The molecule has 4 aromatic carbocycles. The first-order valence-electron chi connectivity index (χ1n) is 10.4. The molecule has 0 aliphatic carbocycles. The van der Waals surface area contributed by atoms with E-state index in [1.165, 1.54) is 12.1 Å². The number of sulfonamides is 1. The van der Waals surface area contributed by atoms with E-state index in [-0.39, 0.29) is 10.8 Å². The Bertz CT molecular complexity index is 1360. The molecule has 0 unspecified atom stereocenters. The second-order valence-electron chi connectivity index (χ2n) is 7.39. The van der Waals surface area contributed by atoms with Gasteiger partial charge in [0.15, 0.2) is 0 Å². The highest BCUT2D eigenvalue weighted by Crippen LogP contribution is 2.24. The van der Waals surface area contributed by atoms with Gasteiger partial charge in [-0.1, -0.05) is 41.9 Å². The Hall–Kier alpha value is -3.26. The lowest BCUT2D eigenvalue weighted by Crippen LogP contribution is -2.14. The van der Waals surface area contributed by atoms with E-state index in [0.29, 0.717) is 22.0 Å². The first-order chi connectivity index (χ1) is 16.4. The van der Waals surface area contributed by atoms with Crippen LogP contribution < -0.4 is 10.0 Å². The van der Waals surface area contributed by atoms with Crippen LogP contribution >= 0.6 is 23.4 Å². The molecule has 4 rings (SSSR count). The molecule has 8 heteroatoms. The number of nitrogens with one attached hydrogen (secondary N) is 2. The summed E-state index contributed by atoms with van der Waals surface area (Å²) in [7, 11) is -3.71. The Morgan fingerprint density at radius 3 is 2.06 bits per heavy atom. The Morgan fingerprint density at radius 2 is 1.41 bits per heavy atom. The molecule has 0 saturated heterocycles. The number of hydrogen-bond acceptors (Lipinski definition) is 4. The van der Waals surface area contributed by atoms with Crippen molar-refractivity contribution in [1.82, 2.24) is 0 Å². The molecule has 0 heterocycles. The topological polar surface area (TPSA) is 75.3 Å². The fourth-order valence-electron chi connectivity index (χ4n) is 3.09. The average molecular weight is 509 g/mol.